The number of carbonyl (C=O) groups excluding carboxylic acids is 1. The minimum Gasteiger partial charge on any atom is -0.378 e. The van der Waals surface area contributed by atoms with Crippen LogP contribution >= 0.6 is 0 Å². The molecule has 0 saturated carbocycles. The van der Waals surface area contributed by atoms with E-state index in [9.17, 15) is 4.79 Å². The smallest absolute Gasteiger partial charge is 0.234 e. The van der Waals surface area contributed by atoms with Crippen molar-refractivity contribution in [2.75, 3.05) is 51.7 Å². The lowest BCUT2D eigenvalue weighted by molar-refractivity contribution is -0.122. The zero-order valence-corrected chi connectivity index (χ0v) is 16.4. The number of anilines is 1. The first-order valence-corrected chi connectivity index (χ1v) is 9.62. The van der Waals surface area contributed by atoms with Crippen LogP contribution in [-0.4, -0.2) is 62.5 Å². The van der Waals surface area contributed by atoms with E-state index in [1.807, 2.05) is 14.1 Å². The minimum absolute atomic E-state index is 0.100. The predicted octanol–water partition coefficient (Wildman–Crippen LogP) is 2.19. The van der Waals surface area contributed by atoms with Crippen LogP contribution < -0.4 is 10.2 Å². The van der Waals surface area contributed by atoms with Gasteiger partial charge < -0.3 is 10.2 Å². The molecule has 1 aliphatic heterocycles. The third kappa shape index (κ3) is 6.08. The standard InChI is InChI=1S/C22H30N4O/c1-24(2)21-10-8-19(9-11-21)16-23-22(27)18-26-14-12-25(13-15-26)17-20-6-4-3-5-7-20/h3-11H,12-18H2,1-2H3,(H,23,27). The van der Waals surface area contributed by atoms with Gasteiger partial charge >= 0.3 is 0 Å². The van der Waals surface area contributed by atoms with Crippen LogP contribution in [0.2, 0.25) is 0 Å². The van der Waals surface area contributed by atoms with Gasteiger partial charge in [-0.15, -0.1) is 0 Å². The topological polar surface area (TPSA) is 38.8 Å². The SMILES string of the molecule is CN(C)c1ccc(CNC(=O)CN2CCN(Cc3ccccc3)CC2)cc1. The summed E-state index contributed by atoms with van der Waals surface area (Å²) in [6.07, 6.45) is 0. The van der Waals surface area contributed by atoms with E-state index in [1.165, 1.54) is 11.3 Å². The third-order valence-corrected chi connectivity index (χ3v) is 5.02. The Morgan fingerprint density at radius 3 is 2.15 bits per heavy atom. The second kappa shape index (κ2) is 9.53. The summed E-state index contributed by atoms with van der Waals surface area (Å²) in [5.41, 5.74) is 3.64. The molecule has 1 N–H and O–H groups in total. The second-order valence-corrected chi connectivity index (χ2v) is 7.38. The van der Waals surface area contributed by atoms with Gasteiger partial charge in [0.25, 0.3) is 0 Å². The lowest BCUT2D eigenvalue weighted by Crippen LogP contribution is -2.49. The number of hydrogen-bond acceptors (Lipinski definition) is 4. The number of rotatable bonds is 7. The summed E-state index contributed by atoms with van der Waals surface area (Å²) in [5, 5.41) is 3.04. The summed E-state index contributed by atoms with van der Waals surface area (Å²) in [6.45, 7) is 5.96. The molecule has 27 heavy (non-hydrogen) atoms. The van der Waals surface area contributed by atoms with E-state index in [-0.39, 0.29) is 5.91 Å². The molecule has 2 aromatic carbocycles. The number of nitrogens with one attached hydrogen (secondary N) is 1. The van der Waals surface area contributed by atoms with Crippen molar-refractivity contribution in [3.8, 4) is 0 Å². The first-order valence-electron chi connectivity index (χ1n) is 9.62. The number of benzene rings is 2. The Bertz CT molecular complexity index is 707. The third-order valence-electron chi connectivity index (χ3n) is 5.02. The van der Waals surface area contributed by atoms with Crippen LogP contribution in [0.15, 0.2) is 54.6 Å². The van der Waals surface area contributed by atoms with Gasteiger partial charge in [-0.1, -0.05) is 42.5 Å². The normalized spacial score (nSPS) is 15.5. The Hall–Kier alpha value is -2.37. The molecule has 0 bridgehead atoms. The monoisotopic (exact) mass is 366 g/mol. The van der Waals surface area contributed by atoms with Crippen LogP contribution in [0.25, 0.3) is 0 Å². The molecular formula is C22H30N4O. The molecule has 0 radical (unpaired) electrons. The van der Waals surface area contributed by atoms with Crippen LogP contribution in [-0.2, 0) is 17.9 Å². The summed E-state index contributed by atoms with van der Waals surface area (Å²) in [6, 6.07) is 18.9. The molecule has 5 heteroatoms. The molecule has 0 aliphatic carbocycles. The Morgan fingerprint density at radius 1 is 0.889 bits per heavy atom. The number of hydrogen-bond donors (Lipinski definition) is 1. The summed E-state index contributed by atoms with van der Waals surface area (Å²) in [7, 11) is 4.05. The van der Waals surface area contributed by atoms with Gasteiger partial charge in [0.05, 0.1) is 6.54 Å². The van der Waals surface area contributed by atoms with Crippen molar-refractivity contribution < 1.29 is 4.79 Å². The molecule has 5 nitrogen and oxygen atoms in total. The predicted molar refractivity (Wildman–Crippen MR) is 111 cm³/mol. The van der Waals surface area contributed by atoms with E-state index >= 15 is 0 Å². The molecule has 1 aliphatic rings. The van der Waals surface area contributed by atoms with Crippen LogP contribution in [0.4, 0.5) is 5.69 Å². The molecule has 1 heterocycles. The van der Waals surface area contributed by atoms with Crippen molar-refractivity contribution in [3.05, 3.63) is 65.7 Å². The molecule has 1 amide bonds. The van der Waals surface area contributed by atoms with Crippen molar-refractivity contribution in [3.63, 3.8) is 0 Å². The Labute approximate surface area is 162 Å². The highest BCUT2D eigenvalue weighted by atomic mass is 16.2. The fourth-order valence-corrected chi connectivity index (χ4v) is 3.32. The van der Waals surface area contributed by atoms with Crippen molar-refractivity contribution in [2.45, 2.75) is 13.1 Å². The Morgan fingerprint density at radius 2 is 1.52 bits per heavy atom. The van der Waals surface area contributed by atoms with Crippen LogP contribution in [0.5, 0.6) is 0 Å². The molecule has 144 valence electrons. The number of piperazine rings is 1. The second-order valence-electron chi connectivity index (χ2n) is 7.38. The van der Waals surface area contributed by atoms with Gasteiger partial charge in [-0.25, -0.2) is 0 Å². The lowest BCUT2D eigenvalue weighted by atomic mass is 10.2. The highest BCUT2D eigenvalue weighted by molar-refractivity contribution is 5.78. The summed E-state index contributed by atoms with van der Waals surface area (Å²) < 4.78 is 0. The van der Waals surface area contributed by atoms with Gasteiger partial charge in [0, 0.05) is 59.1 Å². The van der Waals surface area contributed by atoms with Crippen molar-refractivity contribution >= 4 is 11.6 Å². The quantitative estimate of drug-likeness (QED) is 0.815. The molecule has 1 fully saturated rings. The average Bonchev–Trinajstić information content (AvgIpc) is 2.69. The van der Waals surface area contributed by atoms with Crippen molar-refractivity contribution in [2.24, 2.45) is 0 Å². The fourth-order valence-electron chi connectivity index (χ4n) is 3.32. The molecule has 3 rings (SSSR count). The number of carbonyl (C=O) groups is 1. The van der Waals surface area contributed by atoms with Gasteiger partial charge in [0.1, 0.15) is 0 Å². The molecule has 0 aromatic heterocycles. The molecular weight excluding hydrogens is 336 g/mol. The van der Waals surface area contributed by atoms with Crippen molar-refractivity contribution in [1.82, 2.24) is 15.1 Å². The number of amides is 1. The first-order chi connectivity index (χ1) is 13.1. The zero-order valence-electron chi connectivity index (χ0n) is 16.4. The molecule has 0 spiro atoms. The van der Waals surface area contributed by atoms with Crippen LogP contribution in [0.3, 0.4) is 0 Å². The average molecular weight is 367 g/mol. The van der Waals surface area contributed by atoms with Gasteiger partial charge in [0.2, 0.25) is 5.91 Å². The summed E-state index contributed by atoms with van der Waals surface area (Å²) >= 11 is 0. The van der Waals surface area contributed by atoms with E-state index in [4.69, 9.17) is 0 Å². The van der Waals surface area contributed by atoms with Gasteiger partial charge in [0.15, 0.2) is 0 Å². The maximum absolute atomic E-state index is 12.3. The van der Waals surface area contributed by atoms with E-state index < -0.39 is 0 Å². The first kappa shape index (κ1) is 19.4. The van der Waals surface area contributed by atoms with Gasteiger partial charge in [-0.2, -0.15) is 0 Å². The van der Waals surface area contributed by atoms with E-state index in [0.717, 1.165) is 38.3 Å². The minimum atomic E-state index is 0.100. The Balaban J connectivity index is 1.36. The molecule has 2 aromatic rings. The highest BCUT2D eigenvalue weighted by Gasteiger charge is 2.18. The number of nitrogens with zero attached hydrogens (tertiary/aromatic N) is 3. The summed E-state index contributed by atoms with van der Waals surface area (Å²) in [5.74, 6) is 0.100. The lowest BCUT2D eigenvalue weighted by Gasteiger charge is -2.34. The van der Waals surface area contributed by atoms with Gasteiger partial charge in [-0.3, -0.25) is 14.6 Å². The summed E-state index contributed by atoms with van der Waals surface area (Å²) in [4.78, 5) is 19.0. The molecule has 1 saturated heterocycles. The van der Waals surface area contributed by atoms with Crippen molar-refractivity contribution in [1.29, 1.82) is 0 Å². The molecule has 0 unspecified atom stereocenters. The van der Waals surface area contributed by atoms with E-state index in [0.29, 0.717) is 13.1 Å². The fraction of sp³-hybridized carbons (Fsp3) is 0.409. The van der Waals surface area contributed by atoms with Crippen LogP contribution in [0.1, 0.15) is 11.1 Å². The van der Waals surface area contributed by atoms with E-state index in [2.05, 4.69) is 74.6 Å². The maximum Gasteiger partial charge on any atom is 0.234 e. The maximum atomic E-state index is 12.3. The van der Waals surface area contributed by atoms with Crippen LogP contribution in [0, 0.1) is 0 Å². The Kier molecular flexibility index (Phi) is 6.85. The zero-order chi connectivity index (χ0) is 19.1. The largest absolute Gasteiger partial charge is 0.378 e. The molecule has 0 atom stereocenters. The van der Waals surface area contributed by atoms with E-state index in [1.54, 1.807) is 0 Å². The van der Waals surface area contributed by atoms with Gasteiger partial charge in [-0.05, 0) is 23.3 Å². The highest BCUT2D eigenvalue weighted by Crippen LogP contribution is 2.12.